The minimum absolute atomic E-state index is 0. The van der Waals surface area contributed by atoms with Crippen molar-refractivity contribution < 1.29 is 39.3 Å². The van der Waals surface area contributed by atoms with E-state index in [1.807, 2.05) is 12.1 Å². The van der Waals surface area contributed by atoms with Crippen molar-refractivity contribution in [3.8, 4) is 0 Å². The first-order valence-electron chi connectivity index (χ1n) is 8.08. The average Bonchev–Trinajstić information content (AvgIpc) is 2.56. The van der Waals surface area contributed by atoms with Gasteiger partial charge in [0.1, 0.15) is 0 Å². The van der Waals surface area contributed by atoms with Crippen molar-refractivity contribution in [3.63, 3.8) is 0 Å². The fraction of sp³-hybridized carbons (Fsp3) is 0.300. The number of benzene rings is 2. The molecular formula is C20H22O4Zn. The van der Waals surface area contributed by atoms with E-state index in [1.165, 1.54) is 0 Å². The predicted octanol–water partition coefficient (Wildman–Crippen LogP) is 2.00. The maximum atomic E-state index is 10.4. The number of carboxylic acid groups (broad SMARTS) is 2. The molecule has 0 fully saturated rings. The summed E-state index contributed by atoms with van der Waals surface area (Å²) in [6.45, 7) is 4.12. The first-order chi connectivity index (χ1) is 11.5. The van der Waals surface area contributed by atoms with Crippen LogP contribution in [0.4, 0.5) is 0 Å². The van der Waals surface area contributed by atoms with E-state index in [1.54, 1.807) is 36.4 Å². The van der Waals surface area contributed by atoms with Crippen LogP contribution in [0, 0.1) is 0 Å². The number of carbonyl (C=O) groups is 2. The van der Waals surface area contributed by atoms with Crippen molar-refractivity contribution in [1.82, 2.24) is 0 Å². The Hall–Kier alpha value is -2.00. The first kappa shape index (κ1) is 23.0. The van der Waals surface area contributed by atoms with Gasteiger partial charge in [0.2, 0.25) is 0 Å². The van der Waals surface area contributed by atoms with Crippen molar-refractivity contribution in [1.29, 1.82) is 0 Å². The summed E-state index contributed by atoms with van der Waals surface area (Å²) in [5.74, 6) is -2.21. The van der Waals surface area contributed by atoms with Gasteiger partial charge in [-0.1, -0.05) is 63.1 Å². The molecule has 0 saturated heterocycles. The number of carboxylic acids is 2. The van der Waals surface area contributed by atoms with Crippen LogP contribution < -0.4 is 10.2 Å². The normalized spacial score (nSPS) is 9.36. The molecule has 0 spiro atoms. The summed E-state index contributed by atoms with van der Waals surface area (Å²) < 4.78 is 0. The summed E-state index contributed by atoms with van der Waals surface area (Å²) in [6.07, 6.45) is 3.88. The summed E-state index contributed by atoms with van der Waals surface area (Å²) >= 11 is 0. The SMILES string of the molecule is CCCc1cccc(C(=O)[O-])c1.CCCc1cccc(C(=O)[O-])c1.[Zn+2]. The molecule has 2 aromatic rings. The van der Waals surface area contributed by atoms with Crippen LogP contribution in [-0.2, 0) is 32.3 Å². The van der Waals surface area contributed by atoms with E-state index in [4.69, 9.17) is 0 Å². The van der Waals surface area contributed by atoms with Gasteiger partial charge in [0.25, 0.3) is 0 Å². The minimum Gasteiger partial charge on any atom is -0.545 e. The molecule has 5 heteroatoms. The van der Waals surface area contributed by atoms with E-state index in [0.717, 1.165) is 36.8 Å². The number of hydrogen-bond acceptors (Lipinski definition) is 4. The Labute approximate surface area is 161 Å². The fourth-order valence-electron chi connectivity index (χ4n) is 2.28. The quantitative estimate of drug-likeness (QED) is 0.705. The second-order valence-corrected chi connectivity index (χ2v) is 5.48. The Bertz CT molecular complexity index is 623. The van der Waals surface area contributed by atoms with Crippen molar-refractivity contribution in [2.24, 2.45) is 0 Å². The van der Waals surface area contributed by atoms with Crippen LogP contribution >= 0.6 is 0 Å². The van der Waals surface area contributed by atoms with Crippen molar-refractivity contribution in [2.45, 2.75) is 39.5 Å². The Morgan fingerprint density at radius 2 is 1.12 bits per heavy atom. The van der Waals surface area contributed by atoms with Crippen LogP contribution in [0.2, 0.25) is 0 Å². The number of aryl methyl sites for hydroxylation is 2. The number of rotatable bonds is 6. The van der Waals surface area contributed by atoms with Crippen LogP contribution in [0.5, 0.6) is 0 Å². The largest absolute Gasteiger partial charge is 2.00 e. The van der Waals surface area contributed by atoms with Crippen LogP contribution in [-0.4, -0.2) is 11.9 Å². The van der Waals surface area contributed by atoms with Gasteiger partial charge >= 0.3 is 19.5 Å². The Morgan fingerprint density at radius 3 is 1.40 bits per heavy atom. The minimum atomic E-state index is -1.10. The maximum Gasteiger partial charge on any atom is 2.00 e. The van der Waals surface area contributed by atoms with E-state index in [-0.39, 0.29) is 30.6 Å². The Morgan fingerprint density at radius 1 is 0.760 bits per heavy atom. The van der Waals surface area contributed by atoms with Gasteiger partial charge in [0, 0.05) is 0 Å². The van der Waals surface area contributed by atoms with Gasteiger partial charge in [-0.3, -0.25) is 0 Å². The standard InChI is InChI=1S/2C10H12O2.Zn/c2*1-2-4-8-5-3-6-9(7-8)10(11)12;/h2*3,5-7H,2,4H2,1H3,(H,11,12);/q;;+2/p-2. The van der Waals surface area contributed by atoms with Gasteiger partial charge in [-0.2, -0.15) is 0 Å². The molecule has 0 aliphatic rings. The van der Waals surface area contributed by atoms with E-state index in [9.17, 15) is 19.8 Å². The molecule has 0 atom stereocenters. The molecular weight excluding hydrogens is 370 g/mol. The third-order valence-corrected chi connectivity index (χ3v) is 3.40. The third kappa shape index (κ3) is 8.60. The van der Waals surface area contributed by atoms with Crippen molar-refractivity contribution in [2.75, 3.05) is 0 Å². The second kappa shape index (κ2) is 12.4. The molecule has 0 bridgehead atoms. The zero-order valence-electron chi connectivity index (χ0n) is 14.8. The summed E-state index contributed by atoms with van der Waals surface area (Å²) in [4.78, 5) is 20.9. The molecule has 0 aliphatic heterocycles. The first-order valence-corrected chi connectivity index (χ1v) is 8.08. The number of hydrogen-bond donors (Lipinski definition) is 0. The molecule has 0 unspecified atom stereocenters. The maximum absolute atomic E-state index is 10.4. The average molecular weight is 392 g/mol. The van der Waals surface area contributed by atoms with Gasteiger partial charge < -0.3 is 19.8 Å². The van der Waals surface area contributed by atoms with Crippen LogP contribution in [0.15, 0.2) is 48.5 Å². The van der Waals surface area contributed by atoms with Crippen LogP contribution in [0.25, 0.3) is 0 Å². The van der Waals surface area contributed by atoms with E-state index in [2.05, 4.69) is 13.8 Å². The van der Waals surface area contributed by atoms with Gasteiger partial charge in [-0.15, -0.1) is 0 Å². The molecule has 0 heterocycles. The number of aromatic carboxylic acids is 2. The van der Waals surface area contributed by atoms with Gasteiger partial charge in [-0.25, -0.2) is 0 Å². The number of carbonyl (C=O) groups excluding carboxylic acids is 2. The summed E-state index contributed by atoms with van der Waals surface area (Å²) in [5.41, 5.74) is 2.64. The van der Waals surface area contributed by atoms with Gasteiger partial charge in [0.05, 0.1) is 11.9 Å². The zero-order chi connectivity index (χ0) is 17.9. The molecule has 0 radical (unpaired) electrons. The molecule has 0 N–H and O–H groups in total. The second-order valence-electron chi connectivity index (χ2n) is 5.48. The predicted molar refractivity (Wildman–Crippen MR) is 89.5 cm³/mol. The van der Waals surface area contributed by atoms with E-state index >= 15 is 0 Å². The molecule has 2 rings (SSSR count). The molecule has 0 aliphatic carbocycles. The summed E-state index contributed by atoms with van der Waals surface area (Å²) in [7, 11) is 0. The molecule has 25 heavy (non-hydrogen) atoms. The van der Waals surface area contributed by atoms with Gasteiger partial charge in [0.15, 0.2) is 0 Å². The van der Waals surface area contributed by atoms with Crippen LogP contribution in [0.3, 0.4) is 0 Å². The third-order valence-electron chi connectivity index (χ3n) is 3.40. The summed E-state index contributed by atoms with van der Waals surface area (Å²) in [6, 6.07) is 13.8. The topological polar surface area (TPSA) is 80.3 Å². The van der Waals surface area contributed by atoms with Crippen LogP contribution in [0.1, 0.15) is 58.5 Å². The Kier molecular flexibility index (Phi) is 11.4. The van der Waals surface area contributed by atoms with E-state index < -0.39 is 11.9 Å². The zero-order valence-corrected chi connectivity index (χ0v) is 17.8. The monoisotopic (exact) mass is 390 g/mol. The van der Waals surface area contributed by atoms with Gasteiger partial charge in [-0.05, 0) is 47.2 Å². The molecule has 0 amide bonds. The van der Waals surface area contributed by atoms with Crippen molar-refractivity contribution >= 4 is 11.9 Å². The van der Waals surface area contributed by atoms with Crippen molar-refractivity contribution in [3.05, 3.63) is 70.8 Å². The smallest absolute Gasteiger partial charge is 0.545 e. The Balaban J connectivity index is 0.000000443. The summed E-state index contributed by atoms with van der Waals surface area (Å²) in [5, 5.41) is 20.9. The van der Waals surface area contributed by atoms with E-state index in [0.29, 0.717) is 0 Å². The molecule has 128 valence electrons. The molecule has 0 saturated carbocycles. The molecule has 0 aromatic heterocycles. The molecule has 4 nitrogen and oxygen atoms in total. The molecule has 2 aromatic carbocycles. The fourth-order valence-corrected chi connectivity index (χ4v) is 2.28.